The number of benzene rings is 2. The van der Waals surface area contributed by atoms with E-state index in [0.717, 1.165) is 0 Å². The molecule has 3 amide bonds. The molecule has 0 aliphatic carbocycles. The summed E-state index contributed by atoms with van der Waals surface area (Å²) in [6, 6.07) is 14.0. The molecule has 2 aromatic rings. The van der Waals surface area contributed by atoms with Gasteiger partial charge in [-0.25, -0.2) is 4.79 Å². The van der Waals surface area contributed by atoms with Gasteiger partial charge in [0.1, 0.15) is 5.75 Å². The van der Waals surface area contributed by atoms with Crippen LogP contribution in [0.1, 0.15) is 0 Å². The lowest BCUT2D eigenvalue weighted by molar-refractivity contribution is -0.125. The fourth-order valence-electron chi connectivity index (χ4n) is 2.32. The maximum atomic E-state index is 12.1. The van der Waals surface area contributed by atoms with Gasteiger partial charge in [0.15, 0.2) is 5.75 Å². The van der Waals surface area contributed by atoms with E-state index in [2.05, 4.69) is 10.6 Å². The van der Waals surface area contributed by atoms with Gasteiger partial charge >= 0.3 is 6.03 Å². The molecule has 0 spiro atoms. The Morgan fingerprint density at radius 3 is 2.75 bits per heavy atom. The molecule has 1 aliphatic rings. The van der Waals surface area contributed by atoms with Gasteiger partial charge in [0, 0.05) is 18.1 Å². The highest BCUT2D eigenvalue weighted by molar-refractivity contribution is 6.31. The normalized spacial score (nSPS) is 13.5. The largest absolute Gasteiger partial charge is 0.455 e. The monoisotopic (exact) mass is 345 g/mol. The lowest BCUT2D eigenvalue weighted by Gasteiger charge is -2.16. The highest BCUT2D eigenvalue weighted by atomic mass is 35.5. The molecular formula is C17H16ClN3O3. The predicted molar refractivity (Wildman–Crippen MR) is 91.6 cm³/mol. The van der Waals surface area contributed by atoms with Gasteiger partial charge in [0.25, 0.3) is 0 Å². The van der Waals surface area contributed by atoms with Crippen molar-refractivity contribution in [2.75, 3.05) is 25.0 Å². The van der Waals surface area contributed by atoms with Crippen LogP contribution in [0.3, 0.4) is 0 Å². The van der Waals surface area contributed by atoms with Crippen LogP contribution in [-0.4, -0.2) is 36.5 Å². The standard InChI is InChI=1S/C17H16ClN3O3/c18-12-6-7-15(24-13-4-2-1-3-5-13)14(10-12)20-11-16(22)21-9-8-19-17(21)23/h1-7,10,20H,8-9,11H2,(H,19,23). The minimum absolute atomic E-state index is 0.0289. The molecule has 6 nitrogen and oxygen atoms in total. The second-order valence-corrected chi connectivity index (χ2v) is 5.62. The first-order chi connectivity index (χ1) is 11.6. The average Bonchev–Trinajstić information content (AvgIpc) is 3.02. The SMILES string of the molecule is O=C(CNc1cc(Cl)ccc1Oc1ccccc1)N1CCNC1=O. The summed E-state index contributed by atoms with van der Waals surface area (Å²) in [7, 11) is 0. The molecule has 0 saturated carbocycles. The fraction of sp³-hybridized carbons (Fsp3) is 0.176. The van der Waals surface area contributed by atoms with Crippen molar-refractivity contribution in [1.29, 1.82) is 0 Å². The first-order valence-electron chi connectivity index (χ1n) is 7.48. The van der Waals surface area contributed by atoms with Crippen LogP contribution in [0.5, 0.6) is 11.5 Å². The third-order valence-corrected chi connectivity index (χ3v) is 3.74. The van der Waals surface area contributed by atoms with Crippen molar-refractivity contribution in [2.45, 2.75) is 0 Å². The van der Waals surface area contributed by atoms with Crippen LogP contribution in [0.25, 0.3) is 0 Å². The Hall–Kier alpha value is -2.73. The molecule has 0 aromatic heterocycles. The Kier molecular flexibility index (Phi) is 4.86. The van der Waals surface area contributed by atoms with Gasteiger partial charge < -0.3 is 15.4 Å². The number of carbonyl (C=O) groups excluding carboxylic acids is 2. The number of anilines is 1. The maximum absolute atomic E-state index is 12.1. The lowest BCUT2D eigenvalue weighted by Crippen LogP contribution is -2.38. The van der Waals surface area contributed by atoms with Gasteiger partial charge in [0.2, 0.25) is 5.91 Å². The van der Waals surface area contributed by atoms with Crippen LogP contribution < -0.4 is 15.4 Å². The van der Waals surface area contributed by atoms with E-state index in [4.69, 9.17) is 16.3 Å². The minimum Gasteiger partial charge on any atom is -0.455 e. The van der Waals surface area contributed by atoms with E-state index >= 15 is 0 Å². The van der Waals surface area contributed by atoms with Crippen molar-refractivity contribution in [1.82, 2.24) is 10.2 Å². The Labute approximate surface area is 144 Å². The van der Waals surface area contributed by atoms with Crippen LogP contribution in [0.2, 0.25) is 5.02 Å². The summed E-state index contributed by atoms with van der Waals surface area (Å²) in [5.74, 6) is 0.910. The number of hydrogen-bond acceptors (Lipinski definition) is 4. The average molecular weight is 346 g/mol. The number of imide groups is 1. The summed E-state index contributed by atoms with van der Waals surface area (Å²) < 4.78 is 5.82. The van der Waals surface area contributed by atoms with Crippen LogP contribution in [0.4, 0.5) is 10.5 Å². The number of halogens is 1. The summed E-state index contributed by atoms with van der Waals surface area (Å²) >= 11 is 6.03. The van der Waals surface area contributed by atoms with Gasteiger partial charge in [-0.05, 0) is 30.3 Å². The van der Waals surface area contributed by atoms with E-state index in [9.17, 15) is 9.59 Å². The molecule has 3 rings (SSSR count). The van der Waals surface area contributed by atoms with E-state index in [1.165, 1.54) is 4.90 Å². The van der Waals surface area contributed by atoms with E-state index in [1.807, 2.05) is 30.3 Å². The number of rotatable bonds is 5. The van der Waals surface area contributed by atoms with Gasteiger partial charge in [-0.2, -0.15) is 0 Å². The Bertz CT molecular complexity index is 752. The van der Waals surface area contributed by atoms with Crippen LogP contribution >= 0.6 is 11.6 Å². The quantitative estimate of drug-likeness (QED) is 0.873. The molecule has 2 aromatic carbocycles. The summed E-state index contributed by atoms with van der Waals surface area (Å²) in [6.07, 6.45) is 0. The van der Waals surface area contributed by atoms with Gasteiger partial charge in [-0.15, -0.1) is 0 Å². The highest BCUT2D eigenvalue weighted by Gasteiger charge is 2.25. The van der Waals surface area contributed by atoms with Crippen molar-refractivity contribution < 1.29 is 14.3 Å². The summed E-state index contributed by atoms with van der Waals surface area (Å²) in [5, 5.41) is 6.10. The van der Waals surface area contributed by atoms with Crippen molar-refractivity contribution in [3.05, 3.63) is 53.6 Å². The Balaban J connectivity index is 1.71. The third-order valence-electron chi connectivity index (χ3n) is 3.50. The second kappa shape index (κ2) is 7.23. The number of hydrogen-bond donors (Lipinski definition) is 2. The zero-order chi connectivity index (χ0) is 16.9. The van der Waals surface area contributed by atoms with E-state index < -0.39 is 0 Å². The molecular weight excluding hydrogens is 330 g/mol. The number of urea groups is 1. The van der Waals surface area contributed by atoms with Crippen LogP contribution in [-0.2, 0) is 4.79 Å². The maximum Gasteiger partial charge on any atom is 0.324 e. The molecule has 1 saturated heterocycles. The minimum atomic E-state index is -0.367. The summed E-state index contributed by atoms with van der Waals surface area (Å²) in [4.78, 5) is 24.8. The molecule has 1 aliphatic heterocycles. The topological polar surface area (TPSA) is 70.7 Å². The first kappa shape index (κ1) is 16.1. The van der Waals surface area contributed by atoms with Crippen molar-refractivity contribution in [3.63, 3.8) is 0 Å². The fourth-order valence-corrected chi connectivity index (χ4v) is 2.49. The summed E-state index contributed by atoms with van der Waals surface area (Å²) in [5.41, 5.74) is 0.583. The molecule has 24 heavy (non-hydrogen) atoms. The first-order valence-corrected chi connectivity index (χ1v) is 7.86. The third kappa shape index (κ3) is 3.78. The molecule has 1 fully saturated rings. The molecule has 0 atom stereocenters. The van der Waals surface area contributed by atoms with Gasteiger partial charge in [-0.1, -0.05) is 29.8 Å². The molecule has 0 unspecified atom stereocenters. The van der Waals surface area contributed by atoms with Gasteiger partial charge in [0.05, 0.1) is 12.2 Å². The van der Waals surface area contributed by atoms with Crippen molar-refractivity contribution in [2.24, 2.45) is 0 Å². The van der Waals surface area contributed by atoms with Crippen molar-refractivity contribution >= 4 is 29.2 Å². The molecule has 7 heteroatoms. The number of carbonyl (C=O) groups is 2. The number of para-hydroxylation sites is 1. The van der Waals surface area contributed by atoms with E-state index in [1.54, 1.807) is 18.2 Å². The van der Waals surface area contributed by atoms with E-state index in [0.29, 0.717) is 35.3 Å². The van der Waals surface area contributed by atoms with Crippen LogP contribution in [0.15, 0.2) is 48.5 Å². The Morgan fingerprint density at radius 1 is 1.25 bits per heavy atom. The molecule has 2 N–H and O–H groups in total. The lowest BCUT2D eigenvalue weighted by atomic mass is 10.2. The summed E-state index contributed by atoms with van der Waals surface area (Å²) in [6.45, 7) is 0.825. The number of ether oxygens (including phenoxy) is 1. The molecule has 0 radical (unpaired) electrons. The van der Waals surface area contributed by atoms with Crippen molar-refractivity contribution in [3.8, 4) is 11.5 Å². The Morgan fingerprint density at radius 2 is 2.04 bits per heavy atom. The van der Waals surface area contributed by atoms with E-state index in [-0.39, 0.29) is 18.5 Å². The number of amides is 3. The number of nitrogens with zero attached hydrogens (tertiary/aromatic N) is 1. The number of nitrogens with one attached hydrogen (secondary N) is 2. The molecule has 0 bridgehead atoms. The molecule has 124 valence electrons. The van der Waals surface area contributed by atoms with Gasteiger partial charge in [-0.3, -0.25) is 9.69 Å². The second-order valence-electron chi connectivity index (χ2n) is 5.19. The van der Waals surface area contributed by atoms with Crippen LogP contribution in [0, 0.1) is 0 Å². The molecule has 1 heterocycles. The smallest absolute Gasteiger partial charge is 0.324 e. The zero-order valence-corrected chi connectivity index (χ0v) is 13.5. The predicted octanol–water partition coefficient (Wildman–Crippen LogP) is 3.10. The zero-order valence-electron chi connectivity index (χ0n) is 12.8. The highest BCUT2D eigenvalue weighted by Crippen LogP contribution is 2.31.